The number of amides is 6. The minimum Gasteiger partial charge on any atom is -0.481 e. The Morgan fingerprint density at radius 2 is 1.22 bits per heavy atom. The van der Waals surface area contributed by atoms with E-state index in [9.17, 15) is 72.9 Å². The molecule has 0 aliphatic carbocycles. The van der Waals surface area contributed by atoms with Gasteiger partial charge in [-0.1, -0.05) is 89.2 Å². The quantitative estimate of drug-likeness (QED) is 0.0189. The smallest absolute Gasteiger partial charge is 0.326 e. The summed E-state index contributed by atoms with van der Waals surface area (Å²) in [6, 6.07) is 10.2. The SMILES string of the molecule is CCSSC[C@H](CC(=O)[C@H](CC(=O)O)NC(=O)[C@@H](N)CNC(=O)[C@@H](CC(=O)[C@H](Cc1ccccc1)NC(=O)CCNC(=O)CC[C@H](NC(=O)N[C@@H](CCC(=O)O)OC=O)C(=O)O)Cc1ccccc1)C(=O)O. The highest BCUT2D eigenvalue weighted by Crippen LogP contribution is 2.25. The highest BCUT2D eigenvalue weighted by Gasteiger charge is 2.32. The number of Topliss-reactive ketones (excluding diaryl/α,β-unsaturated/α-hetero) is 2. The molecule has 6 amide bonds. The molecule has 2 aromatic carbocycles. The fourth-order valence-corrected chi connectivity index (χ4v) is 8.61. The minimum absolute atomic E-state index is 0.00120. The average molecular weight is 1050 g/mol. The van der Waals surface area contributed by atoms with Crippen molar-refractivity contribution in [2.75, 3.05) is 24.6 Å². The second kappa shape index (κ2) is 33.5. The minimum atomic E-state index is -1.62. The summed E-state index contributed by atoms with van der Waals surface area (Å²) < 4.78 is 4.60. The molecular formula is C46H61N7O17S2. The van der Waals surface area contributed by atoms with E-state index >= 15 is 0 Å². The summed E-state index contributed by atoms with van der Waals surface area (Å²) in [6.07, 6.45) is -5.16. The fourth-order valence-electron chi connectivity index (χ4n) is 6.64. The van der Waals surface area contributed by atoms with E-state index in [4.69, 9.17) is 10.8 Å². The van der Waals surface area contributed by atoms with Crippen LogP contribution in [-0.4, -0.2) is 147 Å². The molecule has 26 heteroatoms. The van der Waals surface area contributed by atoms with E-state index < -0.39 is 152 Å². The third-order valence-corrected chi connectivity index (χ3v) is 13.0. The van der Waals surface area contributed by atoms with E-state index in [1.54, 1.807) is 60.7 Å². The fraction of sp³-hybridized carbons (Fsp3) is 0.478. The van der Waals surface area contributed by atoms with Crippen LogP contribution in [0.5, 0.6) is 0 Å². The lowest BCUT2D eigenvalue weighted by molar-refractivity contribution is -0.144. The lowest BCUT2D eigenvalue weighted by atomic mass is 9.89. The van der Waals surface area contributed by atoms with Crippen LogP contribution >= 0.6 is 21.6 Å². The monoisotopic (exact) mass is 1050 g/mol. The van der Waals surface area contributed by atoms with Crippen molar-refractivity contribution in [2.24, 2.45) is 17.6 Å². The van der Waals surface area contributed by atoms with E-state index in [2.05, 4.69) is 36.6 Å². The number of ketones is 2. The number of benzene rings is 2. The molecule has 72 heavy (non-hydrogen) atoms. The van der Waals surface area contributed by atoms with E-state index in [1.165, 1.54) is 21.6 Å². The van der Waals surface area contributed by atoms with Crippen molar-refractivity contribution >= 4 is 93.2 Å². The highest BCUT2D eigenvalue weighted by molar-refractivity contribution is 8.76. The third kappa shape index (κ3) is 25.2. The molecule has 2 aromatic rings. The number of aliphatic carboxylic acids is 4. The number of urea groups is 1. The van der Waals surface area contributed by atoms with E-state index in [-0.39, 0.29) is 44.5 Å². The van der Waals surface area contributed by atoms with Gasteiger partial charge in [-0.3, -0.25) is 47.9 Å². The maximum Gasteiger partial charge on any atom is 0.326 e. The van der Waals surface area contributed by atoms with Gasteiger partial charge in [-0.05, 0) is 30.4 Å². The molecule has 7 atom stereocenters. The molecule has 0 saturated heterocycles. The molecule has 394 valence electrons. The molecule has 0 bridgehead atoms. The molecule has 2 rings (SSSR count). The molecule has 0 heterocycles. The number of nitrogens with two attached hydrogens (primary N) is 1. The van der Waals surface area contributed by atoms with Gasteiger partial charge in [0.1, 0.15) is 12.1 Å². The molecule has 0 radical (unpaired) electrons. The first-order chi connectivity index (χ1) is 34.2. The maximum absolute atomic E-state index is 14.1. The van der Waals surface area contributed by atoms with Gasteiger partial charge in [0.25, 0.3) is 6.47 Å². The van der Waals surface area contributed by atoms with Crippen LogP contribution in [0.3, 0.4) is 0 Å². The topological polar surface area (TPSA) is 393 Å². The number of rotatable bonds is 37. The van der Waals surface area contributed by atoms with Crippen LogP contribution in [0.2, 0.25) is 0 Å². The van der Waals surface area contributed by atoms with Crippen LogP contribution < -0.4 is 37.6 Å². The Morgan fingerprint density at radius 1 is 0.611 bits per heavy atom. The van der Waals surface area contributed by atoms with Crippen molar-refractivity contribution < 1.29 is 82.7 Å². The summed E-state index contributed by atoms with van der Waals surface area (Å²) in [5, 5.41) is 51.6. The van der Waals surface area contributed by atoms with Crippen molar-refractivity contribution in [1.29, 1.82) is 0 Å². The summed E-state index contributed by atoms with van der Waals surface area (Å²) in [7, 11) is 2.62. The summed E-state index contributed by atoms with van der Waals surface area (Å²) in [5.41, 5.74) is 7.39. The van der Waals surface area contributed by atoms with Gasteiger partial charge in [0.15, 0.2) is 17.8 Å². The predicted molar refractivity (Wildman–Crippen MR) is 260 cm³/mol. The molecule has 0 saturated carbocycles. The van der Waals surface area contributed by atoms with Gasteiger partial charge >= 0.3 is 29.9 Å². The largest absolute Gasteiger partial charge is 0.481 e. The van der Waals surface area contributed by atoms with Gasteiger partial charge in [0.2, 0.25) is 23.6 Å². The van der Waals surface area contributed by atoms with Crippen LogP contribution in [0.4, 0.5) is 4.79 Å². The van der Waals surface area contributed by atoms with Gasteiger partial charge in [-0.2, -0.15) is 0 Å². The molecule has 12 N–H and O–H groups in total. The van der Waals surface area contributed by atoms with Gasteiger partial charge in [0, 0.05) is 62.6 Å². The Kier molecular flexibility index (Phi) is 28.4. The molecule has 24 nitrogen and oxygen atoms in total. The number of nitrogens with one attached hydrogen (secondary N) is 6. The normalized spacial score (nSPS) is 13.7. The highest BCUT2D eigenvalue weighted by atomic mass is 33.1. The van der Waals surface area contributed by atoms with Crippen molar-refractivity contribution in [3.05, 3.63) is 71.8 Å². The van der Waals surface area contributed by atoms with Gasteiger partial charge in [-0.25, -0.2) is 9.59 Å². The number of ether oxygens (including phenoxy) is 1. The van der Waals surface area contributed by atoms with Crippen molar-refractivity contribution in [3.8, 4) is 0 Å². The number of carbonyl (C=O) groups excluding carboxylic acids is 8. The van der Waals surface area contributed by atoms with Gasteiger partial charge < -0.3 is 62.8 Å². The van der Waals surface area contributed by atoms with Gasteiger partial charge in [0.05, 0.1) is 30.8 Å². The zero-order chi connectivity index (χ0) is 53.6. The molecular weight excluding hydrogens is 987 g/mol. The van der Waals surface area contributed by atoms with Crippen LogP contribution in [-0.2, 0) is 70.3 Å². The Bertz CT molecular complexity index is 2170. The van der Waals surface area contributed by atoms with Crippen molar-refractivity contribution in [2.45, 2.75) is 102 Å². The average Bonchev–Trinajstić information content (AvgIpc) is 3.32. The van der Waals surface area contributed by atoms with E-state index in [0.29, 0.717) is 16.9 Å². The van der Waals surface area contributed by atoms with Crippen molar-refractivity contribution in [1.82, 2.24) is 31.9 Å². The van der Waals surface area contributed by atoms with Crippen LogP contribution in [0.15, 0.2) is 60.7 Å². The number of carboxylic acid groups (broad SMARTS) is 4. The lowest BCUT2D eigenvalue weighted by Crippen LogP contribution is -2.53. The summed E-state index contributed by atoms with van der Waals surface area (Å²) >= 11 is 0. The lowest BCUT2D eigenvalue weighted by Gasteiger charge is -2.23. The third-order valence-electron chi connectivity index (χ3n) is 10.4. The number of hydrogen-bond acceptors (Lipinski definition) is 16. The van der Waals surface area contributed by atoms with E-state index in [0.717, 1.165) is 0 Å². The zero-order valence-corrected chi connectivity index (χ0v) is 40.9. The number of hydrogen-bond donors (Lipinski definition) is 11. The molecule has 0 fully saturated rings. The Balaban J connectivity index is 2.12. The standard InChI is InChI=1S/C46H61N7O17S2/c1-2-71-72-25-30(44(65)66)22-36(56)34(23-41(61)62)51-43(64)31(47)24-49-42(63)29(19-27-9-5-3-6-10-27)21-35(55)33(20-28-11-7-4-8-12-28)50-38(58)17-18-48-37(57)14-13-32(45(67)68)52-46(69)53-39(70-26-54)15-16-40(59)60/h3-12,26,29-34,39H,2,13-25,47H2,1H3,(H,48,57)(H,49,63)(H,50,58)(H,51,64)(H,59,60)(H,61,62)(H,65,66)(H,67,68)(H2,52,53,69)/t29-,30+,31+,32+,33+,34+,39-/m1/s1. The summed E-state index contributed by atoms with van der Waals surface area (Å²) in [6.45, 7) is 1.06. The second-order valence-electron chi connectivity index (χ2n) is 16.1. The Hall–Kier alpha value is -7.06. The van der Waals surface area contributed by atoms with Crippen molar-refractivity contribution in [3.63, 3.8) is 0 Å². The molecule has 0 spiro atoms. The number of carbonyl (C=O) groups is 12. The van der Waals surface area contributed by atoms with Crippen LogP contribution in [0.25, 0.3) is 0 Å². The first-order valence-corrected chi connectivity index (χ1v) is 25.0. The maximum atomic E-state index is 14.1. The molecule has 0 aliphatic rings. The van der Waals surface area contributed by atoms with Gasteiger partial charge in [-0.15, -0.1) is 0 Å². The molecule has 0 aromatic heterocycles. The predicted octanol–water partition coefficient (Wildman–Crippen LogP) is 0.399. The van der Waals surface area contributed by atoms with Crippen LogP contribution in [0.1, 0.15) is 69.4 Å². The summed E-state index contributed by atoms with van der Waals surface area (Å²) in [5.74, 6) is -11.4. The molecule has 0 aliphatic heterocycles. The first kappa shape index (κ1) is 61.1. The zero-order valence-electron chi connectivity index (χ0n) is 39.3. The van der Waals surface area contributed by atoms with Crippen LogP contribution in [0, 0.1) is 11.8 Å². The summed E-state index contributed by atoms with van der Waals surface area (Å²) in [4.78, 5) is 149. The van der Waals surface area contributed by atoms with E-state index in [1.807, 2.05) is 6.92 Å². The number of carboxylic acids is 4. The molecule has 0 unspecified atom stereocenters. The first-order valence-electron chi connectivity index (χ1n) is 22.5. The Labute approximate surface area is 421 Å². The Morgan fingerprint density at radius 3 is 1.79 bits per heavy atom. The second-order valence-corrected chi connectivity index (χ2v) is 18.9.